The highest BCUT2D eigenvalue weighted by Gasteiger charge is 2.17. The molecule has 3 aromatic heterocycles. The zero-order chi connectivity index (χ0) is 19.0. The predicted octanol–water partition coefficient (Wildman–Crippen LogP) is 4.59. The highest BCUT2D eigenvalue weighted by molar-refractivity contribution is 5.69. The van der Waals surface area contributed by atoms with Crippen molar-refractivity contribution < 1.29 is 17.7 Å². The highest BCUT2D eigenvalue weighted by Crippen LogP contribution is 2.29. The van der Waals surface area contributed by atoms with Crippen LogP contribution in [0.3, 0.4) is 0 Å². The molecule has 0 atom stereocenters. The van der Waals surface area contributed by atoms with E-state index in [2.05, 4.69) is 20.1 Å². The van der Waals surface area contributed by atoms with E-state index in [4.69, 9.17) is 4.52 Å². The minimum Gasteiger partial charge on any atom is -0.334 e. The fourth-order valence-electron chi connectivity index (χ4n) is 2.61. The number of hydrogen-bond donors (Lipinski definition) is 0. The molecule has 0 fully saturated rings. The van der Waals surface area contributed by atoms with Crippen LogP contribution < -0.4 is 0 Å². The second-order valence-corrected chi connectivity index (χ2v) is 5.78. The number of benzene rings is 1. The second kappa shape index (κ2) is 6.64. The second-order valence-electron chi connectivity index (χ2n) is 5.78. The lowest BCUT2D eigenvalue weighted by Gasteiger charge is -2.07. The summed E-state index contributed by atoms with van der Waals surface area (Å²) in [5, 5.41) is 3.83. The van der Waals surface area contributed by atoms with Crippen LogP contribution in [0.2, 0.25) is 0 Å². The van der Waals surface area contributed by atoms with Gasteiger partial charge >= 0.3 is 0 Å². The molecule has 0 saturated carbocycles. The molecule has 0 aliphatic carbocycles. The Morgan fingerprint density at radius 1 is 0.889 bits per heavy atom. The zero-order valence-corrected chi connectivity index (χ0v) is 13.9. The summed E-state index contributed by atoms with van der Waals surface area (Å²) in [4.78, 5) is 12.1. The molecule has 0 unspecified atom stereocenters. The molecule has 4 aromatic rings. The Kier molecular flexibility index (Phi) is 4.15. The topological polar surface area (TPSA) is 64.7 Å². The van der Waals surface area contributed by atoms with Crippen molar-refractivity contribution in [2.75, 3.05) is 0 Å². The van der Waals surface area contributed by atoms with E-state index in [9.17, 15) is 13.2 Å². The molecule has 0 spiro atoms. The minimum absolute atomic E-state index is 0.0869. The van der Waals surface area contributed by atoms with Gasteiger partial charge in [-0.05, 0) is 37.3 Å². The molecule has 0 aliphatic heterocycles. The number of nitrogens with zero attached hydrogens (tertiary/aromatic N) is 4. The maximum absolute atomic E-state index is 14.5. The van der Waals surface area contributed by atoms with Crippen molar-refractivity contribution in [3.63, 3.8) is 0 Å². The quantitative estimate of drug-likeness (QED) is 0.529. The summed E-state index contributed by atoms with van der Waals surface area (Å²) in [6.07, 6.45) is 2.37. The van der Waals surface area contributed by atoms with Crippen molar-refractivity contribution in [2.45, 2.75) is 6.92 Å². The molecule has 8 heteroatoms. The number of halogens is 3. The van der Waals surface area contributed by atoms with Crippen LogP contribution in [0, 0.1) is 24.4 Å². The van der Waals surface area contributed by atoms with Crippen LogP contribution in [0.5, 0.6) is 0 Å². The maximum Gasteiger partial charge on any atom is 0.258 e. The summed E-state index contributed by atoms with van der Waals surface area (Å²) >= 11 is 0. The van der Waals surface area contributed by atoms with Crippen molar-refractivity contribution in [2.24, 2.45) is 0 Å². The summed E-state index contributed by atoms with van der Waals surface area (Å²) in [6.45, 7) is 1.47. The molecule has 134 valence electrons. The lowest BCUT2D eigenvalue weighted by atomic mass is 10.1. The first-order valence-electron chi connectivity index (χ1n) is 7.89. The molecule has 3 heterocycles. The Labute approximate surface area is 151 Å². The first kappa shape index (κ1) is 16.9. The van der Waals surface area contributed by atoms with Gasteiger partial charge in [0, 0.05) is 22.9 Å². The molecule has 27 heavy (non-hydrogen) atoms. The van der Waals surface area contributed by atoms with Crippen LogP contribution in [-0.2, 0) is 0 Å². The normalized spacial score (nSPS) is 11.0. The molecule has 0 amide bonds. The van der Waals surface area contributed by atoms with E-state index < -0.39 is 17.5 Å². The Bertz CT molecular complexity index is 1140. The van der Waals surface area contributed by atoms with Gasteiger partial charge in [0.25, 0.3) is 5.89 Å². The van der Waals surface area contributed by atoms with Gasteiger partial charge in [-0.1, -0.05) is 11.2 Å². The predicted molar refractivity (Wildman–Crippen MR) is 90.8 cm³/mol. The number of rotatable bonds is 3. The monoisotopic (exact) mass is 368 g/mol. The van der Waals surface area contributed by atoms with Gasteiger partial charge in [0.1, 0.15) is 17.3 Å². The van der Waals surface area contributed by atoms with Gasteiger partial charge in [-0.3, -0.25) is 4.98 Å². The molecule has 5 nitrogen and oxygen atoms in total. The van der Waals surface area contributed by atoms with E-state index in [-0.39, 0.29) is 34.2 Å². The summed E-state index contributed by atoms with van der Waals surface area (Å²) in [6, 6.07) is 8.24. The Balaban J connectivity index is 1.79. The molecule has 0 bridgehead atoms. The van der Waals surface area contributed by atoms with Crippen molar-refractivity contribution in [1.29, 1.82) is 0 Å². The summed E-state index contributed by atoms with van der Waals surface area (Å²) in [7, 11) is 0. The summed E-state index contributed by atoms with van der Waals surface area (Å²) in [5.41, 5.74) is 1.10. The van der Waals surface area contributed by atoms with Crippen molar-refractivity contribution >= 4 is 0 Å². The van der Waals surface area contributed by atoms with Crippen LogP contribution in [-0.4, -0.2) is 20.1 Å². The van der Waals surface area contributed by atoms with Crippen LogP contribution in [0.1, 0.15) is 5.69 Å². The van der Waals surface area contributed by atoms with Crippen LogP contribution >= 0.6 is 0 Å². The maximum atomic E-state index is 14.5. The fraction of sp³-hybridized carbons (Fsp3) is 0.0526. The van der Waals surface area contributed by atoms with E-state index in [1.54, 1.807) is 6.07 Å². The average Bonchev–Trinajstić information content (AvgIpc) is 3.14. The molecule has 0 N–H and O–H groups in total. The Hall–Kier alpha value is -3.55. The van der Waals surface area contributed by atoms with Gasteiger partial charge < -0.3 is 4.52 Å². The molecule has 0 aliphatic rings. The number of hydrogen-bond acceptors (Lipinski definition) is 5. The van der Waals surface area contributed by atoms with Crippen LogP contribution in [0.4, 0.5) is 13.2 Å². The standard InChI is InChI=1S/C19H11F3N4O/c1-10-17(22)15(12-6-14(21)9-23-8-12)7-16(24-10)18-25-19(27-26-18)11-3-2-4-13(20)5-11/h2-9H,1H3. The lowest BCUT2D eigenvalue weighted by Crippen LogP contribution is -1.97. The van der Waals surface area contributed by atoms with Gasteiger partial charge in [-0.15, -0.1) is 0 Å². The van der Waals surface area contributed by atoms with E-state index in [1.807, 2.05) is 0 Å². The molecule has 1 aromatic carbocycles. The Morgan fingerprint density at radius 3 is 2.48 bits per heavy atom. The van der Waals surface area contributed by atoms with Gasteiger partial charge in [0.05, 0.1) is 11.9 Å². The van der Waals surface area contributed by atoms with Gasteiger partial charge in [-0.2, -0.15) is 4.98 Å². The molecular weight excluding hydrogens is 357 g/mol. The Morgan fingerprint density at radius 2 is 1.70 bits per heavy atom. The number of aromatic nitrogens is 4. The fourth-order valence-corrected chi connectivity index (χ4v) is 2.61. The molecule has 0 saturated heterocycles. The van der Waals surface area contributed by atoms with Gasteiger partial charge in [0.15, 0.2) is 5.82 Å². The average molecular weight is 368 g/mol. The van der Waals surface area contributed by atoms with E-state index in [0.29, 0.717) is 5.56 Å². The van der Waals surface area contributed by atoms with Crippen molar-refractivity contribution in [3.8, 4) is 34.1 Å². The van der Waals surface area contributed by atoms with Crippen LogP contribution in [0.15, 0.2) is 53.3 Å². The van der Waals surface area contributed by atoms with E-state index >= 15 is 0 Å². The SMILES string of the molecule is Cc1nc(-c2noc(-c3cccc(F)c3)n2)cc(-c2cncc(F)c2)c1F. The summed E-state index contributed by atoms with van der Waals surface area (Å²) in [5.74, 6) is -1.43. The largest absolute Gasteiger partial charge is 0.334 e. The third-order valence-corrected chi connectivity index (χ3v) is 3.87. The highest BCUT2D eigenvalue weighted by atomic mass is 19.1. The lowest BCUT2D eigenvalue weighted by molar-refractivity contribution is 0.431. The zero-order valence-electron chi connectivity index (χ0n) is 13.9. The minimum atomic E-state index is -0.597. The number of pyridine rings is 2. The van der Waals surface area contributed by atoms with E-state index in [0.717, 1.165) is 6.20 Å². The third kappa shape index (κ3) is 3.29. The number of aryl methyl sites for hydroxylation is 1. The van der Waals surface area contributed by atoms with Crippen molar-refractivity contribution in [1.82, 2.24) is 20.1 Å². The third-order valence-electron chi connectivity index (χ3n) is 3.87. The molecule has 0 radical (unpaired) electrons. The first-order chi connectivity index (χ1) is 13.0. The molecule has 4 rings (SSSR count). The first-order valence-corrected chi connectivity index (χ1v) is 7.89. The van der Waals surface area contributed by atoms with E-state index in [1.165, 1.54) is 43.5 Å². The van der Waals surface area contributed by atoms with Gasteiger partial charge in [-0.25, -0.2) is 18.2 Å². The smallest absolute Gasteiger partial charge is 0.258 e. The van der Waals surface area contributed by atoms with Crippen LogP contribution in [0.25, 0.3) is 34.1 Å². The van der Waals surface area contributed by atoms with Gasteiger partial charge in [0.2, 0.25) is 5.82 Å². The summed E-state index contributed by atoms with van der Waals surface area (Å²) < 4.78 is 46.5. The molecular formula is C19H11F3N4O. The van der Waals surface area contributed by atoms with Crippen molar-refractivity contribution in [3.05, 3.63) is 71.9 Å².